The van der Waals surface area contributed by atoms with E-state index in [0.29, 0.717) is 6.04 Å². The van der Waals surface area contributed by atoms with E-state index < -0.39 is 0 Å². The Bertz CT molecular complexity index is 241. The first kappa shape index (κ1) is 9.85. The van der Waals surface area contributed by atoms with Gasteiger partial charge in [-0.3, -0.25) is 0 Å². The lowest BCUT2D eigenvalue weighted by molar-refractivity contribution is 0.719. The van der Waals surface area contributed by atoms with Gasteiger partial charge in [0.25, 0.3) is 0 Å². The van der Waals surface area contributed by atoms with Crippen molar-refractivity contribution in [1.82, 2.24) is 0 Å². The Hall–Kier alpha value is -1.24. The summed E-state index contributed by atoms with van der Waals surface area (Å²) in [5.41, 5.74) is 1.19. The number of anilines is 1. The Morgan fingerprint density at radius 3 is 2.69 bits per heavy atom. The number of allylic oxidation sites excluding steroid dienone is 1. The second-order valence-corrected chi connectivity index (χ2v) is 3.28. The summed E-state index contributed by atoms with van der Waals surface area (Å²) in [6, 6.07) is 10.8. The van der Waals surface area contributed by atoms with Crippen LogP contribution < -0.4 is 5.32 Å². The van der Waals surface area contributed by atoms with Crippen molar-refractivity contribution in [3.63, 3.8) is 0 Å². The molecule has 1 nitrogen and oxygen atoms in total. The number of nitrogens with one attached hydrogen (secondary N) is 1. The fourth-order valence-corrected chi connectivity index (χ4v) is 1.26. The minimum absolute atomic E-state index is 0.514. The van der Waals surface area contributed by atoms with Crippen molar-refractivity contribution in [3.05, 3.63) is 43.0 Å². The van der Waals surface area contributed by atoms with E-state index in [1.54, 1.807) is 0 Å². The number of rotatable bonds is 5. The molecule has 0 saturated heterocycles. The standard InChI is InChI=1S/C12H17N/c1-3-4-8-11(2)13-12-9-6-5-7-10-12/h3,5-7,9-11,13H,1,4,8H2,2H3/t11-/m0/s1. The van der Waals surface area contributed by atoms with E-state index in [1.165, 1.54) is 5.69 Å². The summed E-state index contributed by atoms with van der Waals surface area (Å²) in [7, 11) is 0. The molecule has 0 amide bonds. The Morgan fingerprint density at radius 1 is 1.38 bits per heavy atom. The molecule has 1 N–H and O–H groups in total. The van der Waals surface area contributed by atoms with Crippen LogP contribution in [0.1, 0.15) is 19.8 Å². The molecule has 0 aliphatic heterocycles. The molecule has 1 aromatic rings. The lowest BCUT2D eigenvalue weighted by Crippen LogP contribution is -2.14. The van der Waals surface area contributed by atoms with Gasteiger partial charge < -0.3 is 5.32 Å². The molecule has 70 valence electrons. The van der Waals surface area contributed by atoms with E-state index in [1.807, 2.05) is 24.3 Å². The highest BCUT2D eigenvalue weighted by atomic mass is 14.9. The quantitative estimate of drug-likeness (QED) is 0.676. The van der Waals surface area contributed by atoms with Crippen LogP contribution in [0.5, 0.6) is 0 Å². The third-order valence-corrected chi connectivity index (χ3v) is 1.99. The molecule has 0 spiro atoms. The van der Waals surface area contributed by atoms with Crippen LogP contribution in [0.4, 0.5) is 5.69 Å². The Kier molecular flexibility index (Phi) is 4.10. The molecule has 0 aliphatic carbocycles. The predicted molar refractivity (Wildman–Crippen MR) is 59.0 cm³/mol. The molecule has 0 bridgehead atoms. The topological polar surface area (TPSA) is 12.0 Å². The molecule has 0 radical (unpaired) electrons. The third kappa shape index (κ3) is 3.79. The van der Waals surface area contributed by atoms with Gasteiger partial charge in [0.15, 0.2) is 0 Å². The molecule has 0 aromatic heterocycles. The van der Waals surface area contributed by atoms with Gasteiger partial charge in [0.2, 0.25) is 0 Å². The van der Waals surface area contributed by atoms with Crippen LogP contribution in [0.25, 0.3) is 0 Å². The van der Waals surface area contributed by atoms with Gasteiger partial charge in [-0.25, -0.2) is 0 Å². The fraction of sp³-hybridized carbons (Fsp3) is 0.333. The van der Waals surface area contributed by atoms with Gasteiger partial charge in [-0.15, -0.1) is 6.58 Å². The van der Waals surface area contributed by atoms with Gasteiger partial charge in [0.05, 0.1) is 0 Å². The van der Waals surface area contributed by atoms with Gasteiger partial charge in [-0.2, -0.15) is 0 Å². The molecule has 0 fully saturated rings. The normalized spacial score (nSPS) is 12.1. The van der Waals surface area contributed by atoms with E-state index >= 15 is 0 Å². The lowest BCUT2D eigenvalue weighted by atomic mass is 10.1. The molecule has 0 aliphatic rings. The summed E-state index contributed by atoms with van der Waals surface area (Å²) in [6.07, 6.45) is 4.17. The lowest BCUT2D eigenvalue weighted by Gasteiger charge is -2.13. The molecule has 0 heterocycles. The van der Waals surface area contributed by atoms with Crippen LogP contribution in [-0.2, 0) is 0 Å². The van der Waals surface area contributed by atoms with Crippen LogP contribution in [0.3, 0.4) is 0 Å². The zero-order chi connectivity index (χ0) is 9.52. The first-order valence-corrected chi connectivity index (χ1v) is 4.75. The molecule has 13 heavy (non-hydrogen) atoms. The average molecular weight is 175 g/mol. The van der Waals surface area contributed by atoms with Crippen molar-refractivity contribution >= 4 is 5.69 Å². The highest BCUT2D eigenvalue weighted by Crippen LogP contribution is 2.09. The first-order chi connectivity index (χ1) is 6.33. The monoisotopic (exact) mass is 175 g/mol. The van der Waals surface area contributed by atoms with E-state index in [9.17, 15) is 0 Å². The Morgan fingerprint density at radius 2 is 2.08 bits per heavy atom. The second kappa shape index (κ2) is 5.41. The van der Waals surface area contributed by atoms with E-state index in [-0.39, 0.29) is 0 Å². The minimum atomic E-state index is 0.514. The number of hydrogen-bond acceptors (Lipinski definition) is 1. The summed E-state index contributed by atoms with van der Waals surface area (Å²) >= 11 is 0. The van der Waals surface area contributed by atoms with Crippen LogP contribution in [0.15, 0.2) is 43.0 Å². The average Bonchev–Trinajstić information content (AvgIpc) is 2.16. The van der Waals surface area contributed by atoms with E-state index in [0.717, 1.165) is 12.8 Å². The van der Waals surface area contributed by atoms with Crippen molar-refractivity contribution in [2.24, 2.45) is 0 Å². The Balaban J connectivity index is 2.36. The third-order valence-electron chi connectivity index (χ3n) is 1.99. The van der Waals surface area contributed by atoms with E-state index in [2.05, 4.69) is 31.0 Å². The summed E-state index contributed by atoms with van der Waals surface area (Å²) in [4.78, 5) is 0. The molecule has 1 rings (SSSR count). The van der Waals surface area contributed by atoms with Crippen molar-refractivity contribution in [2.75, 3.05) is 5.32 Å². The van der Waals surface area contributed by atoms with Crippen LogP contribution in [0, 0.1) is 0 Å². The van der Waals surface area contributed by atoms with Gasteiger partial charge in [0, 0.05) is 11.7 Å². The molecule has 1 atom stereocenters. The first-order valence-electron chi connectivity index (χ1n) is 4.75. The van der Waals surface area contributed by atoms with Crippen molar-refractivity contribution < 1.29 is 0 Å². The van der Waals surface area contributed by atoms with Crippen molar-refractivity contribution in [1.29, 1.82) is 0 Å². The van der Waals surface area contributed by atoms with Gasteiger partial charge in [0.1, 0.15) is 0 Å². The zero-order valence-electron chi connectivity index (χ0n) is 8.16. The zero-order valence-corrected chi connectivity index (χ0v) is 8.16. The molecular weight excluding hydrogens is 158 g/mol. The van der Waals surface area contributed by atoms with Crippen molar-refractivity contribution in [3.8, 4) is 0 Å². The van der Waals surface area contributed by atoms with Gasteiger partial charge >= 0.3 is 0 Å². The molecule has 1 aromatic carbocycles. The second-order valence-electron chi connectivity index (χ2n) is 3.28. The largest absolute Gasteiger partial charge is 0.383 e. The van der Waals surface area contributed by atoms with Gasteiger partial charge in [-0.1, -0.05) is 24.3 Å². The number of para-hydroxylation sites is 1. The van der Waals surface area contributed by atoms with Crippen LogP contribution in [-0.4, -0.2) is 6.04 Å². The maximum Gasteiger partial charge on any atom is 0.0342 e. The molecule has 1 heteroatoms. The summed E-state index contributed by atoms with van der Waals surface area (Å²) in [6.45, 7) is 5.90. The summed E-state index contributed by atoms with van der Waals surface area (Å²) in [5.74, 6) is 0. The predicted octanol–water partition coefficient (Wildman–Crippen LogP) is 3.45. The summed E-state index contributed by atoms with van der Waals surface area (Å²) < 4.78 is 0. The summed E-state index contributed by atoms with van der Waals surface area (Å²) in [5, 5.41) is 3.43. The van der Waals surface area contributed by atoms with Crippen molar-refractivity contribution in [2.45, 2.75) is 25.8 Å². The highest BCUT2D eigenvalue weighted by molar-refractivity contribution is 5.43. The number of benzene rings is 1. The minimum Gasteiger partial charge on any atom is -0.383 e. The highest BCUT2D eigenvalue weighted by Gasteiger charge is 1.98. The van der Waals surface area contributed by atoms with Gasteiger partial charge in [-0.05, 0) is 31.9 Å². The molecule has 0 saturated carbocycles. The molecule has 0 unspecified atom stereocenters. The van der Waals surface area contributed by atoms with Crippen LogP contribution >= 0.6 is 0 Å². The SMILES string of the molecule is C=CCC[C@H](C)Nc1ccccc1. The van der Waals surface area contributed by atoms with Crippen LogP contribution in [0.2, 0.25) is 0 Å². The molecular formula is C12H17N. The number of hydrogen-bond donors (Lipinski definition) is 1. The Labute approximate surface area is 80.5 Å². The van der Waals surface area contributed by atoms with E-state index in [4.69, 9.17) is 0 Å². The maximum absolute atomic E-state index is 3.71. The fourth-order valence-electron chi connectivity index (χ4n) is 1.26. The maximum atomic E-state index is 3.71. The smallest absolute Gasteiger partial charge is 0.0342 e.